The van der Waals surface area contributed by atoms with Gasteiger partial charge in [0.15, 0.2) is 0 Å². The predicted octanol–water partition coefficient (Wildman–Crippen LogP) is 0.710. The van der Waals surface area contributed by atoms with Crippen LogP contribution in [0.2, 0.25) is 0 Å². The van der Waals surface area contributed by atoms with Crippen molar-refractivity contribution >= 4 is 11.6 Å². The molecule has 0 aliphatic heterocycles. The third-order valence-corrected chi connectivity index (χ3v) is 2.35. The van der Waals surface area contributed by atoms with Crippen molar-refractivity contribution in [3.05, 3.63) is 29.6 Å². The fourth-order valence-electron chi connectivity index (χ4n) is 1.52. The van der Waals surface area contributed by atoms with Gasteiger partial charge in [0.05, 0.1) is 11.3 Å². The molecule has 0 aliphatic rings. The fraction of sp³-hybridized carbons (Fsp3) is 0.364. The minimum Gasteiger partial charge on any atom is -0.374 e. The Kier molecular flexibility index (Phi) is 4.25. The van der Waals surface area contributed by atoms with Crippen LogP contribution in [0.4, 0.5) is 10.1 Å². The molecule has 5 heteroatoms. The van der Waals surface area contributed by atoms with Gasteiger partial charge in [-0.25, -0.2) is 4.39 Å². The molecule has 0 saturated carbocycles. The number of carbonyl (C=O) groups is 1. The number of halogens is 1. The van der Waals surface area contributed by atoms with Gasteiger partial charge in [0, 0.05) is 13.6 Å². The molecule has 0 heterocycles. The molecular weight excluding hydrogens is 209 g/mol. The molecule has 1 amide bonds. The highest BCUT2D eigenvalue weighted by molar-refractivity contribution is 5.98. The topological polar surface area (TPSA) is 72.3 Å². The molecule has 1 aromatic carbocycles. The summed E-state index contributed by atoms with van der Waals surface area (Å²) in [5.74, 6) is -1.35. The second-order valence-electron chi connectivity index (χ2n) is 3.56. The van der Waals surface area contributed by atoms with Crippen molar-refractivity contribution in [1.82, 2.24) is 0 Å². The van der Waals surface area contributed by atoms with Crippen LogP contribution in [0.1, 0.15) is 16.8 Å². The Morgan fingerprint density at radius 3 is 2.75 bits per heavy atom. The van der Waals surface area contributed by atoms with E-state index in [2.05, 4.69) is 0 Å². The Hall–Kier alpha value is -1.62. The standard InChI is InChI=1S/C11H16FN3O/c1-15(7-3-6-13)9-5-2-4-8(12)10(9)11(14)16/h2,4-5H,3,6-7,13H2,1H3,(H2,14,16). The lowest BCUT2D eigenvalue weighted by Gasteiger charge is -2.21. The first-order chi connectivity index (χ1) is 7.57. The van der Waals surface area contributed by atoms with Gasteiger partial charge in [0.2, 0.25) is 0 Å². The van der Waals surface area contributed by atoms with Crippen LogP contribution in [0.15, 0.2) is 18.2 Å². The molecule has 0 saturated heterocycles. The van der Waals surface area contributed by atoms with Crippen LogP contribution in [-0.2, 0) is 0 Å². The van der Waals surface area contributed by atoms with Crippen LogP contribution >= 0.6 is 0 Å². The molecule has 0 atom stereocenters. The Bertz CT molecular complexity index is 381. The van der Waals surface area contributed by atoms with Crippen LogP contribution < -0.4 is 16.4 Å². The first-order valence-electron chi connectivity index (χ1n) is 5.07. The lowest BCUT2D eigenvalue weighted by Crippen LogP contribution is -2.25. The summed E-state index contributed by atoms with van der Waals surface area (Å²) in [7, 11) is 1.77. The molecule has 0 bridgehead atoms. The van der Waals surface area contributed by atoms with Crippen molar-refractivity contribution in [1.29, 1.82) is 0 Å². The molecule has 1 rings (SSSR count). The van der Waals surface area contributed by atoms with Crippen LogP contribution in [0.3, 0.4) is 0 Å². The highest BCUT2D eigenvalue weighted by Crippen LogP contribution is 2.21. The molecular formula is C11H16FN3O. The molecule has 0 radical (unpaired) electrons. The van der Waals surface area contributed by atoms with E-state index in [1.165, 1.54) is 6.07 Å². The van der Waals surface area contributed by atoms with Gasteiger partial charge in [-0.3, -0.25) is 4.79 Å². The third kappa shape index (κ3) is 2.70. The second kappa shape index (κ2) is 5.46. The van der Waals surface area contributed by atoms with Crippen molar-refractivity contribution in [2.24, 2.45) is 11.5 Å². The van der Waals surface area contributed by atoms with Crippen molar-refractivity contribution in [2.75, 3.05) is 25.0 Å². The molecule has 0 unspecified atom stereocenters. The molecule has 0 spiro atoms. The monoisotopic (exact) mass is 225 g/mol. The van der Waals surface area contributed by atoms with Crippen molar-refractivity contribution in [3.8, 4) is 0 Å². The first kappa shape index (κ1) is 12.4. The van der Waals surface area contributed by atoms with Gasteiger partial charge in [-0.05, 0) is 25.1 Å². The Balaban J connectivity index is 3.02. The number of rotatable bonds is 5. The second-order valence-corrected chi connectivity index (χ2v) is 3.56. The van der Waals surface area contributed by atoms with Crippen LogP contribution in [0.25, 0.3) is 0 Å². The molecule has 4 N–H and O–H groups in total. The minimum absolute atomic E-state index is 0.0676. The number of benzene rings is 1. The Morgan fingerprint density at radius 1 is 1.50 bits per heavy atom. The maximum atomic E-state index is 13.4. The van der Waals surface area contributed by atoms with Crippen LogP contribution in [0, 0.1) is 5.82 Å². The average molecular weight is 225 g/mol. The summed E-state index contributed by atoms with van der Waals surface area (Å²) in [6.45, 7) is 1.20. The predicted molar refractivity (Wildman–Crippen MR) is 61.9 cm³/mol. The number of hydrogen-bond acceptors (Lipinski definition) is 3. The van der Waals surface area contributed by atoms with Gasteiger partial charge in [-0.2, -0.15) is 0 Å². The van der Waals surface area contributed by atoms with E-state index in [4.69, 9.17) is 11.5 Å². The minimum atomic E-state index is -0.757. The first-order valence-corrected chi connectivity index (χ1v) is 5.07. The van der Waals surface area contributed by atoms with E-state index in [1.54, 1.807) is 24.1 Å². The van der Waals surface area contributed by atoms with Crippen molar-refractivity contribution in [2.45, 2.75) is 6.42 Å². The van der Waals surface area contributed by atoms with Gasteiger partial charge < -0.3 is 16.4 Å². The van der Waals surface area contributed by atoms with Gasteiger partial charge >= 0.3 is 0 Å². The van der Waals surface area contributed by atoms with Gasteiger partial charge in [-0.15, -0.1) is 0 Å². The molecule has 4 nitrogen and oxygen atoms in total. The van der Waals surface area contributed by atoms with E-state index in [-0.39, 0.29) is 5.56 Å². The number of primary amides is 1. The van der Waals surface area contributed by atoms with E-state index in [0.717, 1.165) is 6.42 Å². The molecule has 1 aromatic rings. The normalized spacial score (nSPS) is 10.2. The Morgan fingerprint density at radius 2 is 2.19 bits per heavy atom. The molecule has 16 heavy (non-hydrogen) atoms. The van der Waals surface area contributed by atoms with Crippen LogP contribution in [0.5, 0.6) is 0 Å². The van der Waals surface area contributed by atoms with Gasteiger partial charge in [0.25, 0.3) is 5.91 Å². The number of anilines is 1. The van der Waals surface area contributed by atoms with Crippen molar-refractivity contribution in [3.63, 3.8) is 0 Å². The van der Waals surface area contributed by atoms with E-state index in [1.807, 2.05) is 0 Å². The number of hydrogen-bond donors (Lipinski definition) is 2. The summed E-state index contributed by atoms with van der Waals surface area (Å²) in [4.78, 5) is 12.9. The Labute approximate surface area is 94.0 Å². The zero-order valence-electron chi connectivity index (χ0n) is 9.24. The van der Waals surface area contributed by atoms with E-state index in [0.29, 0.717) is 18.8 Å². The van der Waals surface area contributed by atoms with Crippen LogP contribution in [-0.4, -0.2) is 26.0 Å². The average Bonchev–Trinajstić information content (AvgIpc) is 2.24. The quantitative estimate of drug-likeness (QED) is 0.775. The van der Waals surface area contributed by atoms with Gasteiger partial charge in [0.1, 0.15) is 5.82 Å². The molecule has 0 fully saturated rings. The number of amides is 1. The maximum Gasteiger partial charge on any atom is 0.253 e. The van der Waals surface area contributed by atoms with E-state index in [9.17, 15) is 9.18 Å². The lowest BCUT2D eigenvalue weighted by atomic mass is 10.1. The summed E-state index contributed by atoms with van der Waals surface area (Å²) in [5, 5.41) is 0. The zero-order valence-corrected chi connectivity index (χ0v) is 9.24. The number of carbonyl (C=O) groups excluding carboxylic acids is 1. The van der Waals surface area contributed by atoms with Crippen molar-refractivity contribution < 1.29 is 9.18 Å². The van der Waals surface area contributed by atoms with E-state index >= 15 is 0 Å². The smallest absolute Gasteiger partial charge is 0.253 e. The zero-order chi connectivity index (χ0) is 12.1. The van der Waals surface area contributed by atoms with E-state index < -0.39 is 11.7 Å². The summed E-state index contributed by atoms with van der Waals surface area (Å²) in [6, 6.07) is 4.44. The third-order valence-electron chi connectivity index (χ3n) is 2.35. The fourth-order valence-corrected chi connectivity index (χ4v) is 1.52. The summed E-state index contributed by atoms with van der Waals surface area (Å²) in [6.07, 6.45) is 0.769. The molecule has 0 aromatic heterocycles. The summed E-state index contributed by atoms with van der Waals surface area (Å²) < 4.78 is 13.4. The largest absolute Gasteiger partial charge is 0.374 e. The molecule has 0 aliphatic carbocycles. The number of nitrogens with two attached hydrogens (primary N) is 2. The number of nitrogens with zero attached hydrogens (tertiary/aromatic N) is 1. The highest BCUT2D eigenvalue weighted by Gasteiger charge is 2.16. The summed E-state index contributed by atoms with van der Waals surface area (Å²) in [5.41, 5.74) is 11.0. The SMILES string of the molecule is CN(CCCN)c1cccc(F)c1C(N)=O. The molecule has 88 valence electrons. The highest BCUT2D eigenvalue weighted by atomic mass is 19.1. The maximum absolute atomic E-state index is 13.4. The van der Waals surface area contributed by atoms with Gasteiger partial charge in [-0.1, -0.05) is 6.07 Å². The summed E-state index contributed by atoms with van der Waals surface area (Å²) >= 11 is 0. The lowest BCUT2D eigenvalue weighted by molar-refractivity contribution is 0.0997.